The lowest BCUT2D eigenvalue weighted by Crippen LogP contribution is -2.65. The summed E-state index contributed by atoms with van der Waals surface area (Å²) in [6.45, 7) is 20.8. The van der Waals surface area contributed by atoms with Crippen molar-refractivity contribution in [2.45, 2.75) is 171 Å². The molecule has 6 aliphatic rings. The lowest BCUT2D eigenvalue weighted by Gasteiger charge is -2.71. The van der Waals surface area contributed by atoms with E-state index in [9.17, 15) is 19.2 Å². The molecule has 0 unspecified atom stereocenters. The van der Waals surface area contributed by atoms with E-state index in [2.05, 4.69) is 54.5 Å². The van der Waals surface area contributed by atoms with Crippen LogP contribution in [0.5, 0.6) is 0 Å². The summed E-state index contributed by atoms with van der Waals surface area (Å²) in [6.07, 6.45) is 9.78. The third-order valence-corrected chi connectivity index (χ3v) is 16.3. The number of allylic oxidation sites excluding steroid dienone is 2. The third kappa shape index (κ3) is 6.67. The lowest BCUT2D eigenvalue weighted by atomic mass is 9.33. The molecule has 1 aliphatic heterocycles. The monoisotopic (exact) mass is 742 g/mol. The molecule has 1 heterocycles. The Labute approximate surface area is 317 Å². The first kappa shape index (κ1) is 40.2. The van der Waals surface area contributed by atoms with Gasteiger partial charge in [-0.3, -0.25) is 19.2 Å². The van der Waals surface area contributed by atoms with Gasteiger partial charge in [-0.15, -0.1) is 0 Å². The maximum atomic E-state index is 13.1. The fourth-order valence-electron chi connectivity index (χ4n) is 13.2. The van der Waals surface area contributed by atoms with Gasteiger partial charge in [0.15, 0.2) is 12.4 Å². The Balaban J connectivity index is 1.24. The summed E-state index contributed by atoms with van der Waals surface area (Å²) in [7, 11) is 1.53. The summed E-state index contributed by atoms with van der Waals surface area (Å²) < 4.78 is 35.1. The highest BCUT2D eigenvalue weighted by Crippen LogP contribution is 2.76. The molecule has 1 saturated heterocycles. The molecule has 4 saturated carbocycles. The Morgan fingerprint density at radius 1 is 0.811 bits per heavy atom. The van der Waals surface area contributed by atoms with Crippen LogP contribution in [0.1, 0.15) is 140 Å². The Kier molecular flexibility index (Phi) is 10.6. The number of carbonyl (C=O) groups is 4. The van der Waals surface area contributed by atoms with Crippen molar-refractivity contribution in [3.05, 3.63) is 11.6 Å². The topological polar surface area (TPSA) is 124 Å². The van der Waals surface area contributed by atoms with Gasteiger partial charge >= 0.3 is 23.9 Å². The molecule has 0 radical (unpaired) electrons. The number of methoxy groups -OCH3 is 1. The second-order valence-corrected chi connectivity index (χ2v) is 19.6. The highest BCUT2D eigenvalue weighted by atomic mass is 16.7. The molecule has 5 aliphatic carbocycles. The number of esters is 4. The minimum absolute atomic E-state index is 0.0637. The van der Waals surface area contributed by atoms with Crippen LogP contribution < -0.4 is 0 Å². The molecule has 0 aromatic heterocycles. The van der Waals surface area contributed by atoms with E-state index in [1.165, 1.54) is 40.7 Å². The molecule has 53 heavy (non-hydrogen) atoms. The largest absolute Gasteiger partial charge is 0.469 e. The zero-order valence-corrected chi connectivity index (χ0v) is 34.3. The van der Waals surface area contributed by atoms with Crippen LogP contribution >= 0.6 is 0 Å². The van der Waals surface area contributed by atoms with Crippen molar-refractivity contribution in [3.8, 4) is 0 Å². The van der Waals surface area contributed by atoms with Crippen LogP contribution in [0, 0.1) is 50.2 Å². The van der Waals surface area contributed by atoms with E-state index < -0.39 is 47.9 Å². The van der Waals surface area contributed by atoms with Gasteiger partial charge in [0.1, 0.15) is 18.8 Å². The standard InChI is InChI=1S/C43H66O10/c1-25(44)49-24-31-36(51-27(3)46)30(50-26(2)45)22-35(52-31)53-34-15-16-41(8)32(38(34,4)5)14-17-43(10)33(41)13-12-28-29-23-40(7,37(47)48-11)19-18-39(29,6)20-21-42(28,43)9/h12,29-36H,13-24H2,1-11H3/t29-,30+,31+,32-,33+,34-,35+,36-,39+,40-,41-,42+,43+/m0/s1. The predicted octanol–water partition coefficient (Wildman–Crippen LogP) is 7.89. The smallest absolute Gasteiger partial charge is 0.311 e. The molecule has 0 aromatic rings. The molecule has 0 bridgehead atoms. The predicted molar refractivity (Wildman–Crippen MR) is 197 cm³/mol. The van der Waals surface area contributed by atoms with Gasteiger partial charge in [0.05, 0.1) is 18.6 Å². The summed E-state index contributed by atoms with van der Waals surface area (Å²) in [5.74, 6) is -0.280. The average Bonchev–Trinajstić information content (AvgIpc) is 3.06. The van der Waals surface area contributed by atoms with Gasteiger partial charge in [0.2, 0.25) is 0 Å². The first-order chi connectivity index (χ1) is 24.6. The van der Waals surface area contributed by atoms with E-state index in [0.717, 1.165) is 51.4 Å². The van der Waals surface area contributed by atoms with E-state index in [1.54, 1.807) is 5.57 Å². The number of ether oxygens (including phenoxy) is 6. The molecule has 10 nitrogen and oxygen atoms in total. The van der Waals surface area contributed by atoms with Gasteiger partial charge in [-0.2, -0.15) is 0 Å². The quantitative estimate of drug-likeness (QED) is 0.110. The van der Waals surface area contributed by atoms with Gasteiger partial charge in [-0.05, 0) is 116 Å². The minimum Gasteiger partial charge on any atom is -0.469 e. The van der Waals surface area contributed by atoms with E-state index in [4.69, 9.17) is 28.4 Å². The molecule has 0 N–H and O–H groups in total. The van der Waals surface area contributed by atoms with Crippen molar-refractivity contribution >= 4 is 23.9 Å². The van der Waals surface area contributed by atoms with Crippen LogP contribution in [0.4, 0.5) is 0 Å². The van der Waals surface area contributed by atoms with Crippen LogP contribution in [0.25, 0.3) is 0 Å². The van der Waals surface area contributed by atoms with Crippen molar-refractivity contribution in [1.29, 1.82) is 0 Å². The number of fused-ring (bicyclic) bond motifs is 7. The fraction of sp³-hybridized carbons (Fsp3) is 0.860. The summed E-state index contributed by atoms with van der Waals surface area (Å²) in [5.41, 5.74) is 1.50. The van der Waals surface area contributed by atoms with E-state index in [1.807, 2.05) is 0 Å². The van der Waals surface area contributed by atoms with Gasteiger partial charge in [-0.25, -0.2) is 0 Å². The Bertz CT molecular complexity index is 1500. The summed E-state index contributed by atoms with van der Waals surface area (Å²) in [4.78, 5) is 49.1. The average molecular weight is 743 g/mol. The Morgan fingerprint density at radius 3 is 2.13 bits per heavy atom. The highest BCUT2D eigenvalue weighted by molar-refractivity contribution is 5.76. The highest BCUT2D eigenvalue weighted by Gasteiger charge is 2.68. The number of rotatable bonds is 7. The van der Waals surface area contributed by atoms with E-state index in [0.29, 0.717) is 17.8 Å². The van der Waals surface area contributed by atoms with Gasteiger partial charge in [0, 0.05) is 27.2 Å². The summed E-state index contributed by atoms with van der Waals surface area (Å²) >= 11 is 0. The van der Waals surface area contributed by atoms with E-state index in [-0.39, 0.29) is 52.2 Å². The molecular weight excluding hydrogens is 676 g/mol. The zero-order chi connectivity index (χ0) is 38.9. The van der Waals surface area contributed by atoms with Crippen LogP contribution in [0.15, 0.2) is 11.6 Å². The number of hydrogen-bond acceptors (Lipinski definition) is 10. The minimum atomic E-state index is -0.930. The number of hydrogen-bond donors (Lipinski definition) is 0. The van der Waals surface area contributed by atoms with Crippen LogP contribution in [0.3, 0.4) is 0 Å². The van der Waals surface area contributed by atoms with Gasteiger partial charge in [-0.1, -0.05) is 53.2 Å². The number of carbonyl (C=O) groups excluding carboxylic acids is 4. The fourth-order valence-corrected chi connectivity index (χ4v) is 13.2. The van der Waals surface area contributed by atoms with Crippen LogP contribution in [0.2, 0.25) is 0 Å². The van der Waals surface area contributed by atoms with Crippen LogP contribution in [-0.2, 0) is 47.6 Å². The first-order valence-electron chi connectivity index (χ1n) is 20.2. The molecule has 10 heteroatoms. The van der Waals surface area contributed by atoms with Crippen LogP contribution in [-0.4, -0.2) is 68.3 Å². The third-order valence-electron chi connectivity index (χ3n) is 16.3. The molecule has 0 amide bonds. The molecule has 0 spiro atoms. The molecular formula is C43H66O10. The normalized spacial score (nSPS) is 45.8. The maximum absolute atomic E-state index is 13.1. The molecule has 0 aromatic carbocycles. The molecule has 5 fully saturated rings. The Morgan fingerprint density at radius 2 is 1.49 bits per heavy atom. The Hall–Kier alpha value is -2.46. The van der Waals surface area contributed by atoms with Crippen molar-refractivity contribution in [2.24, 2.45) is 50.2 Å². The molecule has 13 atom stereocenters. The van der Waals surface area contributed by atoms with Crippen molar-refractivity contribution in [3.63, 3.8) is 0 Å². The molecule has 298 valence electrons. The summed E-state index contributed by atoms with van der Waals surface area (Å²) in [5, 5.41) is 0. The first-order valence-corrected chi connectivity index (χ1v) is 20.2. The maximum Gasteiger partial charge on any atom is 0.311 e. The van der Waals surface area contributed by atoms with E-state index >= 15 is 0 Å². The summed E-state index contributed by atoms with van der Waals surface area (Å²) in [6, 6.07) is 0. The van der Waals surface area contributed by atoms with Crippen molar-refractivity contribution < 1.29 is 47.6 Å². The lowest BCUT2D eigenvalue weighted by molar-refractivity contribution is -0.300. The SMILES string of the molecule is COC(=O)[C@@]1(C)CC[C@]2(C)CC[C@]3(C)C(=CC[C@@H]4[C@@]5(C)CC[C@H](O[C@@H]6C[C@@H](OC(C)=O)[C@H](OC(C)=O)[C@@H](COC(C)=O)O6)C(C)(C)[C@@H]5CC[C@]43C)[C@@H]2C1. The zero-order valence-electron chi connectivity index (χ0n) is 34.3. The van der Waals surface area contributed by atoms with Crippen molar-refractivity contribution in [2.75, 3.05) is 13.7 Å². The van der Waals surface area contributed by atoms with Gasteiger partial charge < -0.3 is 28.4 Å². The molecule has 6 rings (SSSR count). The second-order valence-electron chi connectivity index (χ2n) is 19.6. The second kappa shape index (κ2) is 13.9. The van der Waals surface area contributed by atoms with Crippen molar-refractivity contribution in [1.82, 2.24) is 0 Å². The van der Waals surface area contributed by atoms with Gasteiger partial charge in [0.25, 0.3) is 0 Å².